The summed E-state index contributed by atoms with van der Waals surface area (Å²) >= 11 is 0. The van der Waals surface area contributed by atoms with Gasteiger partial charge in [-0.2, -0.15) is 13.2 Å². The number of rotatable bonds is 8. The van der Waals surface area contributed by atoms with Crippen molar-refractivity contribution in [2.45, 2.75) is 32.0 Å². The summed E-state index contributed by atoms with van der Waals surface area (Å²) in [5, 5.41) is 5.42. The third-order valence-electron chi connectivity index (χ3n) is 4.53. The molecule has 0 radical (unpaired) electrons. The molecule has 1 aliphatic rings. The van der Waals surface area contributed by atoms with Gasteiger partial charge in [0.1, 0.15) is 5.82 Å². The van der Waals surface area contributed by atoms with Crippen LogP contribution in [0.1, 0.15) is 30.4 Å². The van der Waals surface area contributed by atoms with Crippen LogP contribution in [0.15, 0.2) is 23.2 Å². The molecular formula is C17H25F4IN4O2S. The fourth-order valence-corrected chi connectivity index (χ4v) is 3.69. The molecule has 0 unspecified atom stereocenters. The smallest absolute Gasteiger partial charge is 0.355 e. The van der Waals surface area contributed by atoms with E-state index >= 15 is 0 Å². The van der Waals surface area contributed by atoms with Gasteiger partial charge in [-0.05, 0) is 36.5 Å². The molecule has 1 aromatic carbocycles. The van der Waals surface area contributed by atoms with E-state index < -0.39 is 27.6 Å². The lowest BCUT2D eigenvalue weighted by Crippen LogP contribution is -2.42. The molecule has 1 aromatic rings. The van der Waals surface area contributed by atoms with Gasteiger partial charge in [0, 0.05) is 26.7 Å². The van der Waals surface area contributed by atoms with Crippen LogP contribution in [-0.4, -0.2) is 40.3 Å². The molecule has 0 saturated heterocycles. The number of sulfonamides is 1. The molecule has 0 aliphatic heterocycles. The minimum atomic E-state index is -4.68. The second kappa shape index (κ2) is 11.3. The number of nitrogens with one attached hydrogen (secondary N) is 3. The molecule has 2 rings (SSSR count). The van der Waals surface area contributed by atoms with Crippen LogP contribution in [0.2, 0.25) is 0 Å². The summed E-state index contributed by atoms with van der Waals surface area (Å²) in [5.74, 6) is -0.620. The molecule has 0 amide bonds. The molecule has 29 heavy (non-hydrogen) atoms. The van der Waals surface area contributed by atoms with Crippen LogP contribution >= 0.6 is 24.0 Å². The first kappa shape index (κ1) is 25.9. The minimum absolute atomic E-state index is 0. The van der Waals surface area contributed by atoms with Gasteiger partial charge in [-0.15, -0.1) is 24.0 Å². The summed E-state index contributed by atoms with van der Waals surface area (Å²) in [6.45, 7) is 0.219. The number of guanidine groups is 1. The molecule has 12 heteroatoms. The zero-order chi connectivity index (χ0) is 20.8. The zero-order valence-corrected chi connectivity index (χ0v) is 19.0. The normalized spacial score (nSPS) is 15.4. The molecule has 0 spiro atoms. The maximum atomic E-state index is 13.1. The lowest BCUT2D eigenvalue weighted by atomic mass is 9.86. The lowest BCUT2D eigenvalue weighted by Gasteiger charge is -2.25. The van der Waals surface area contributed by atoms with Crippen molar-refractivity contribution in [1.82, 2.24) is 15.4 Å². The fourth-order valence-electron chi connectivity index (χ4n) is 2.68. The Bertz CT molecular complexity index is 799. The average molecular weight is 552 g/mol. The van der Waals surface area contributed by atoms with Crippen LogP contribution in [0.25, 0.3) is 0 Å². The van der Waals surface area contributed by atoms with Crippen LogP contribution in [-0.2, 0) is 22.7 Å². The van der Waals surface area contributed by atoms with Gasteiger partial charge in [-0.25, -0.2) is 17.5 Å². The van der Waals surface area contributed by atoms with Crippen molar-refractivity contribution < 1.29 is 26.0 Å². The molecule has 1 saturated carbocycles. The monoisotopic (exact) mass is 552 g/mol. The Labute approximate surface area is 185 Å². The zero-order valence-electron chi connectivity index (χ0n) is 15.9. The summed E-state index contributed by atoms with van der Waals surface area (Å²) in [5.41, 5.74) is -1.22. The predicted octanol–water partition coefficient (Wildman–Crippen LogP) is 2.85. The maximum Gasteiger partial charge on any atom is 0.416 e. The number of hydrogen-bond donors (Lipinski definition) is 3. The second-order valence-corrected chi connectivity index (χ2v) is 8.54. The molecule has 1 fully saturated rings. The van der Waals surface area contributed by atoms with Gasteiger partial charge in [0.05, 0.1) is 11.3 Å². The van der Waals surface area contributed by atoms with Crippen LogP contribution in [0.4, 0.5) is 17.6 Å². The number of halogens is 5. The third kappa shape index (κ3) is 8.62. The van der Waals surface area contributed by atoms with Gasteiger partial charge in [0.15, 0.2) is 5.96 Å². The Morgan fingerprint density at radius 1 is 1.24 bits per heavy atom. The Kier molecular flexibility index (Phi) is 10.1. The summed E-state index contributed by atoms with van der Waals surface area (Å²) in [6.07, 6.45) is -1.50. The van der Waals surface area contributed by atoms with Crippen molar-refractivity contribution >= 4 is 40.0 Å². The Balaban J connectivity index is 0.00000420. The minimum Gasteiger partial charge on any atom is -0.355 e. The molecule has 0 atom stereocenters. The number of nitrogens with zero attached hydrogens (tertiary/aromatic N) is 1. The number of hydrogen-bond acceptors (Lipinski definition) is 3. The molecule has 166 valence electrons. The highest BCUT2D eigenvalue weighted by Crippen LogP contribution is 2.32. The first-order chi connectivity index (χ1) is 13.1. The summed E-state index contributed by atoms with van der Waals surface area (Å²) in [4.78, 5) is 3.85. The van der Waals surface area contributed by atoms with E-state index in [1.54, 1.807) is 0 Å². The fraction of sp³-hybridized carbons (Fsp3) is 0.588. The van der Waals surface area contributed by atoms with Crippen molar-refractivity contribution in [3.05, 3.63) is 35.1 Å². The van der Waals surface area contributed by atoms with E-state index in [9.17, 15) is 26.0 Å². The van der Waals surface area contributed by atoms with Gasteiger partial charge in [0.2, 0.25) is 10.0 Å². The van der Waals surface area contributed by atoms with Gasteiger partial charge in [-0.1, -0.05) is 12.5 Å². The Morgan fingerprint density at radius 2 is 1.93 bits per heavy atom. The first-order valence-corrected chi connectivity index (χ1v) is 10.5. The van der Waals surface area contributed by atoms with Crippen LogP contribution in [0, 0.1) is 11.7 Å². The highest BCUT2D eigenvalue weighted by atomic mass is 127. The highest BCUT2D eigenvalue weighted by Gasteiger charge is 2.33. The number of aliphatic imine (C=N–C) groups is 1. The molecule has 1 aliphatic carbocycles. The molecule has 0 aromatic heterocycles. The van der Waals surface area contributed by atoms with E-state index in [-0.39, 0.29) is 54.3 Å². The van der Waals surface area contributed by atoms with E-state index in [1.165, 1.54) is 7.05 Å². The van der Waals surface area contributed by atoms with Crippen LogP contribution < -0.4 is 15.4 Å². The Morgan fingerprint density at radius 3 is 2.48 bits per heavy atom. The van der Waals surface area contributed by atoms with Crippen molar-refractivity contribution in [1.29, 1.82) is 0 Å². The Hall–Kier alpha value is -1.15. The van der Waals surface area contributed by atoms with Crippen molar-refractivity contribution in [2.24, 2.45) is 10.9 Å². The molecule has 6 nitrogen and oxygen atoms in total. The largest absolute Gasteiger partial charge is 0.416 e. The molecule has 3 N–H and O–H groups in total. The summed E-state index contributed by atoms with van der Waals surface area (Å²) < 4.78 is 78.6. The van der Waals surface area contributed by atoms with E-state index in [2.05, 4.69) is 20.3 Å². The highest BCUT2D eigenvalue weighted by molar-refractivity contribution is 14.0. The van der Waals surface area contributed by atoms with Crippen molar-refractivity contribution in [3.8, 4) is 0 Å². The number of alkyl halides is 3. The second-order valence-electron chi connectivity index (χ2n) is 6.62. The molecular weight excluding hydrogens is 527 g/mol. The van der Waals surface area contributed by atoms with E-state index in [0.717, 1.165) is 31.4 Å². The SMILES string of the molecule is CN=C(NCCS(=O)(=O)NCC1CCC1)NCc1ccc(F)cc1C(F)(F)F.I. The molecule has 0 bridgehead atoms. The lowest BCUT2D eigenvalue weighted by molar-refractivity contribution is -0.138. The first-order valence-electron chi connectivity index (χ1n) is 8.88. The summed E-state index contributed by atoms with van der Waals surface area (Å²) in [7, 11) is -2.03. The van der Waals surface area contributed by atoms with E-state index in [1.807, 2.05) is 0 Å². The van der Waals surface area contributed by atoms with Gasteiger partial charge < -0.3 is 10.6 Å². The van der Waals surface area contributed by atoms with Crippen molar-refractivity contribution in [3.63, 3.8) is 0 Å². The van der Waals surface area contributed by atoms with E-state index in [4.69, 9.17) is 0 Å². The van der Waals surface area contributed by atoms with E-state index in [0.29, 0.717) is 18.5 Å². The number of benzene rings is 1. The van der Waals surface area contributed by atoms with Gasteiger partial charge in [0.25, 0.3) is 0 Å². The standard InChI is InChI=1S/C17H24F4N4O2S.HI/c1-22-16(23-7-8-28(26,27)25-10-12-3-2-4-12)24-11-13-5-6-14(18)9-15(13)17(19,20)21;/h5-6,9,12,25H,2-4,7-8,10-11H2,1H3,(H2,22,23,24);1H. The quantitative estimate of drug-likeness (QED) is 0.201. The van der Waals surface area contributed by atoms with Gasteiger partial charge in [-0.3, -0.25) is 4.99 Å². The van der Waals surface area contributed by atoms with Crippen LogP contribution in [0.3, 0.4) is 0 Å². The molecule has 0 heterocycles. The topological polar surface area (TPSA) is 82.6 Å². The summed E-state index contributed by atoms with van der Waals surface area (Å²) in [6, 6.07) is 2.43. The van der Waals surface area contributed by atoms with Crippen molar-refractivity contribution in [2.75, 3.05) is 25.9 Å². The maximum absolute atomic E-state index is 13.1. The predicted molar refractivity (Wildman–Crippen MR) is 114 cm³/mol. The van der Waals surface area contributed by atoms with Crippen LogP contribution in [0.5, 0.6) is 0 Å². The van der Waals surface area contributed by atoms with Gasteiger partial charge >= 0.3 is 6.18 Å². The average Bonchev–Trinajstić information content (AvgIpc) is 2.56. The third-order valence-corrected chi connectivity index (χ3v) is 5.88.